The van der Waals surface area contributed by atoms with E-state index < -0.39 is 0 Å². The second-order valence-electron chi connectivity index (χ2n) is 6.02. The molecule has 2 heterocycles. The molecule has 0 bridgehead atoms. The van der Waals surface area contributed by atoms with Gasteiger partial charge in [0.25, 0.3) is 0 Å². The van der Waals surface area contributed by atoms with Crippen LogP contribution in [0.3, 0.4) is 0 Å². The molecule has 2 N–H and O–H groups in total. The van der Waals surface area contributed by atoms with Crippen molar-refractivity contribution in [2.24, 2.45) is 5.92 Å². The lowest BCUT2D eigenvalue weighted by Gasteiger charge is -2.25. The summed E-state index contributed by atoms with van der Waals surface area (Å²) in [7, 11) is 0. The zero-order chi connectivity index (χ0) is 16.2. The van der Waals surface area contributed by atoms with Gasteiger partial charge in [0.1, 0.15) is 17.4 Å². The number of anilines is 1. The Morgan fingerprint density at radius 3 is 3.04 bits per heavy atom. The summed E-state index contributed by atoms with van der Waals surface area (Å²) in [6, 6.07) is 7.57. The van der Waals surface area contributed by atoms with E-state index >= 15 is 0 Å². The van der Waals surface area contributed by atoms with Gasteiger partial charge in [-0.25, -0.2) is 4.79 Å². The van der Waals surface area contributed by atoms with E-state index in [1.54, 1.807) is 0 Å². The first-order chi connectivity index (χ1) is 11.1. The fraction of sp³-hybridized carbons (Fsp3) is 0.438. The number of fused-ring (bicyclic) bond motifs is 1. The maximum absolute atomic E-state index is 12.1. The highest BCUT2D eigenvalue weighted by Gasteiger charge is 2.21. The Labute approximate surface area is 139 Å². The van der Waals surface area contributed by atoms with Crippen LogP contribution in [0.4, 0.5) is 9.93 Å². The van der Waals surface area contributed by atoms with E-state index in [0.717, 1.165) is 29.2 Å². The molecular formula is C16H20N4O2S. The number of nitrogens with zero attached hydrogens (tertiary/aromatic N) is 2. The van der Waals surface area contributed by atoms with Gasteiger partial charge < -0.3 is 10.1 Å². The van der Waals surface area contributed by atoms with Crippen molar-refractivity contribution in [1.29, 1.82) is 0 Å². The minimum Gasteiger partial charge on any atom is -0.491 e. The molecular weight excluding hydrogens is 312 g/mol. The van der Waals surface area contributed by atoms with Crippen molar-refractivity contribution in [3.63, 3.8) is 0 Å². The van der Waals surface area contributed by atoms with E-state index in [9.17, 15) is 4.79 Å². The summed E-state index contributed by atoms with van der Waals surface area (Å²) >= 11 is 1.41. The van der Waals surface area contributed by atoms with Crippen LogP contribution in [0.2, 0.25) is 0 Å². The van der Waals surface area contributed by atoms with E-state index in [4.69, 9.17) is 4.74 Å². The zero-order valence-electron chi connectivity index (χ0n) is 13.2. The second kappa shape index (κ2) is 6.95. The van der Waals surface area contributed by atoms with Crippen LogP contribution in [0.15, 0.2) is 24.3 Å². The van der Waals surface area contributed by atoms with E-state index in [1.807, 2.05) is 24.3 Å². The van der Waals surface area contributed by atoms with Gasteiger partial charge in [0.15, 0.2) is 0 Å². The highest BCUT2D eigenvalue weighted by atomic mass is 32.1. The Morgan fingerprint density at radius 1 is 1.39 bits per heavy atom. The average molecular weight is 332 g/mol. The monoisotopic (exact) mass is 332 g/mol. The molecule has 1 aliphatic heterocycles. The zero-order valence-corrected chi connectivity index (χ0v) is 14.0. The topological polar surface area (TPSA) is 76.1 Å². The van der Waals surface area contributed by atoms with Crippen LogP contribution in [0.1, 0.15) is 24.4 Å². The number of carbonyl (C=O) groups excluding carboxylic acids is 1. The molecule has 1 aromatic heterocycles. The summed E-state index contributed by atoms with van der Waals surface area (Å²) in [6.07, 6.45) is 1.63. The van der Waals surface area contributed by atoms with Gasteiger partial charge in [-0.3, -0.25) is 5.32 Å². The fourth-order valence-electron chi connectivity index (χ4n) is 2.48. The Bertz CT molecular complexity index is 686. The summed E-state index contributed by atoms with van der Waals surface area (Å²) in [4.78, 5) is 12.1. The van der Waals surface area contributed by atoms with Crippen LogP contribution >= 0.6 is 11.3 Å². The fourth-order valence-corrected chi connectivity index (χ4v) is 3.42. The van der Waals surface area contributed by atoms with Gasteiger partial charge in [-0.15, -0.1) is 10.2 Å². The summed E-state index contributed by atoms with van der Waals surface area (Å²) in [5.74, 6) is 1.41. The third kappa shape index (κ3) is 4.19. The predicted molar refractivity (Wildman–Crippen MR) is 90.0 cm³/mol. The van der Waals surface area contributed by atoms with Gasteiger partial charge in [0.05, 0.1) is 6.04 Å². The van der Waals surface area contributed by atoms with Crippen molar-refractivity contribution in [3.05, 3.63) is 34.8 Å². The van der Waals surface area contributed by atoms with E-state index in [-0.39, 0.29) is 12.1 Å². The molecule has 1 aliphatic rings. The number of nitrogens with one attached hydrogen (secondary N) is 2. The molecule has 0 fully saturated rings. The van der Waals surface area contributed by atoms with E-state index in [2.05, 4.69) is 34.7 Å². The molecule has 7 heteroatoms. The summed E-state index contributed by atoms with van der Waals surface area (Å²) in [5, 5.41) is 15.2. The molecule has 0 aliphatic carbocycles. The van der Waals surface area contributed by atoms with Crippen LogP contribution in [-0.2, 0) is 12.8 Å². The molecule has 0 radical (unpaired) electrons. The molecule has 1 atom stereocenters. The molecule has 2 aromatic rings. The maximum Gasteiger partial charge on any atom is 0.321 e. The molecule has 2 amide bonds. The lowest BCUT2D eigenvalue weighted by molar-refractivity contribution is 0.222. The lowest BCUT2D eigenvalue weighted by Crippen LogP contribution is -2.44. The largest absolute Gasteiger partial charge is 0.491 e. The first-order valence-corrected chi connectivity index (χ1v) is 8.52. The quantitative estimate of drug-likeness (QED) is 0.902. The molecule has 0 saturated heterocycles. The lowest BCUT2D eigenvalue weighted by atomic mass is 10.0. The van der Waals surface area contributed by atoms with Crippen LogP contribution in [-0.4, -0.2) is 28.9 Å². The third-order valence-electron chi connectivity index (χ3n) is 3.48. The number of hydrogen-bond acceptors (Lipinski definition) is 5. The van der Waals surface area contributed by atoms with Gasteiger partial charge in [0.2, 0.25) is 5.13 Å². The maximum atomic E-state index is 12.1. The van der Waals surface area contributed by atoms with Crippen molar-refractivity contribution >= 4 is 22.5 Å². The van der Waals surface area contributed by atoms with Gasteiger partial charge in [-0.2, -0.15) is 0 Å². The van der Waals surface area contributed by atoms with Crippen LogP contribution in [0.5, 0.6) is 5.75 Å². The number of carbonyl (C=O) groups is 1. The normalized spacial score (nSPS) is 16.6. The van der Waals surface area contributed by atoms with Gasteiger partial charge >= 0.3 is 6.03 Å². The average Bonchev–Trinajstić information content (AvgIpc) is 2.93. The van der Waals surface area contributed by atoms with Gasteiger partial charge in [-0.1, -0.05) is 43.4 Å². The second-order valence-corrected chi connectivity index (χ2v) is 7.08. The highest BCUT2D eigenvalue weighted by molar-refractivity contribution is 7.15. The number of amides is 2. The van der Waals surface area contributed by atoms with E-state index in [0.29, 0.717) is 17.7 Å². The van der Waals surface area contributed by atoms with Gasteiger partial charge in [-0.05, 0) is 24.0 Å². The molecule has 0 saturated carbocycles. The van der Waals surface area contributed by atoms with Gasteiger partial charge in [0, 0.05) is 6.42 Å². The van der Waals surface area contributed by atoms with Crippen LogP contribution < -0.4 is 15.4 Å². The molecule has 1 unspecified atom stereocenters. The number of ether oxygens (including phenoxy) is 1. The first kappa shape index (κ1) is 15.7. The number of hydrogen-bond donors (Lipinski definition) is 2. The van der Waals surface area contributed by atoms with Crippen molar-refractivity contribution in [1.82, 2.24) is 15.5 Å². The number of benzene rings is 1. The number of para-hydroxylation sites is 1. The Morgan fingerprint density at radius 2 is 2.22 bits per heavy atom. The molecule has 3 rings (SSSR count). The van der Waals surface area contributed by atoms with Crippen molar-refractivity contribution in [2.75, 3.05) is 11.9 Å². The number of aromatic nitrogens is 2. The molecule has 23 heavy (non-hydrogen) atoms. The Kier molecular flexibility index (Phi) is 4.76. The standard InChI is InChI=1S/C16H20N4O2S/c1-10(2)7-14-19-20-16(23-14)18-15(21)17-12-8-11-5-3-4-6-13(11)22-9-12/h3-6,10,12H,7-9H2,1-2H3,(H2,17,18,20,21). The SMILES string of the molecule is CC(C)Cc1nnc(NC(=O)NC2COc3ccccc3C2)s1. The minimum absolute atomic E-state index is 0.0482. The Hall–Kier alpha value is -2.15. The van der Waals surface area contributed by atoms with Crippen molar-refractivity contribution in [3.8, 4) is 5.75 Å². The minimum atomic E-state index is -0.273. The molecule has 0 spiro atoms. The predicted octanol–water partition coefficient (Wildman–Crippen LogP) is 2.86. The third-order valence-corrected chi connectivity index (χ3v) is 4.35. The number of urea groups is 1. The summed E-state index contributed by atoms with van der Waals surface area (Å²) in [5.41, 5.74) is 1.11. The smallest absolute Gasteiger partial charge is 0.321 e. The summed E-state index contributed by atoms with van der Waals surface area (Å²) in [6.45, 7) is 4.73. The Balaban J connectivity index is 1.53. The molecule has 122 valence electrons. The molecule has 6 nitrogen and oxygen atoms in total. The van der Waals surface area contributed by atoms with Crippen LogP contribution in [0, 0.1) is 5.92 Å². The van der Waals surface area contributed by atoms with E-state index in [1.165, 1.54) is 11.3 Å². The van der Waals surface area contributed by atoms with Crippen molar-refractivity contribution < 1.29 is 9.53 Å². The van der Waals surface area contributed by atoms with Crippen molar-refractivity contribution in [2.45, 2.75) is 32.7 Å². The first-order valence-electron chi connectivity index (χ1n) is 7.70. The summed E-state index contributed by atoms with van der Waals surface area (Å²) < 4.78 is 5.67. The molecule has 1 aromatic carbocycles. The number of rotatable bonds is 4. The van der Waals surface area contributed by atoms with Crippen LogP contribution in [0.25, 0.3) is 0 Å². The highest BCUT2D eigenvalue weighted by Crippen LogP contribution is 2.24.